The fourth-order valence-electron chi connectivity index (χ4n) is 3.24. The van der Waals surface area contributed by atoms with Crippen molar-refractivity contribution in [3.63, 3.8) is 0 Å². The van der Waals surface area contributed by atoms with Gasteiger partial charge in [-0.05, 0) is 17.7 Å². The molecule has 0 aliphatic carbocycles. The van der Waals surface area contributed by atoms with Crippen LogP contribution >= 0.6 is 0 Å². The molecule has 0 aliphatic heterocycles. The first kappa shape index (κ1) is 17.9. The number of hydrogen-bond acceptors (Lipinski definition) is 4. The Hall–Kier alpha value is -3.45. The van der Waals surface area contributed by atoms with Crippen LogP contribution in [0.25, 0.3) is 10.9 Å². The highest BCUT2D eigenvalue weighted by Gasteiger charge is 2.17. The number of aromatic amines is 1. The Kier molecular flexibility index (Phi) is 4.90. The Morgan fingerprint density at radius 2 is 1.82 bits per heavy atom. The van der Waals surface area contributed by atoms with E-state index in [1.54, 1.807) is 17.8 Å². The average Bonchev–Trinajstić information content (AvgIpc) is 2.99. The highest BCUT2D eigenvalue weighted by molar-refractivity contribution is 5.80. The van der Waals surface area contributed by atoms with Crippen LogP contribution in [0, 0.1) is 0 Å². The molecule has 0 spiro atoms. The third-order valence-corrected chi connectivity index (χ3v) is 4.62. The maximum Gasteiger partial charge on any atom is 0.275 e. The van der Waals surface area contributed by atoms with Crippen molar-refractivity contribution in [3.8, 4) is 0 Å². The van der Waals surface area contributed by atoms with Gasteiger partial charge in [0, 0.05) is 19.3 Å². The monoisotopic (exact) mass is 376 g/mol. The SMILES string of the molecule is Cn1[nH]c2cc(=O)n(Cc3ccccn3)c(COCc3ccccc3)c2c1=O. The van der Waals surface area contributed by atoms with E-state index in [-0.39, 0.29) is 24.3 Å². The molecule has 3 aromatic heterocycles. The van der Waals surface area contributed by atoms with Crippen LogP contribution in [0.2, 0.25) is 0 Å². The highest BCUT2D eigenvalue weighted by atomic mass is 16.5. The van der Waals surface area contributed by atoms with Crippen molar-refractivity contribution in [2.75, 3.05) is 0 Å². The standard InChI is InChI=1S/C21H20N4O3/c1-24-21(27)20-17(23-24)11-19(26)25(12-16-9-5-6-10-22-16)18(20)14-28-13-15-7-3-2-4-8-15/h2-11,23H,12-14H2,1H3. The molecular weight excluding hydrogens is 356 g/mol. The molecule has 0 atom stereocenters. The van der Waals surface area contributed by atoms with E-state index >= 15 is 0 Å². The van der Waals surface area contributed by atoms with E-state index in [2.05, 4.69) is 10.1 Å². The van der Waals surface area contributed by atoms with Gasteiger partial charge in [-0.3, -0.25) is 24.4 Å². The van der Waals surface area contributed by atoms with Crippen LogP contribution in [0.3, 0.4) is 0 Å². The maximum atomic E-state index is 12.8. The number of ether oxygens (including phenoxy) is 1. The van der Waals surface area contributed by atoms with Gasteiger partial charge in [-0.2, -0.15) is 0 Å². The van der Waals surface area contributed by atoms with E-state index in [1.807, 2.05) is 48.5 Å². The number of aryl methyl sites for hydroxylation is 1. The Bertz CT molecular complexity index is 1210. The number of pyridine rings is 2. The Labute approximate surface area is 160 Å². The molecule has 0 amide bonds. The minimum Gasteiger partial charge on any atom is -0.371 e. The summed E-state index contributed by atoms with van der Waals surface area (Å²) in [5, 5.41) is 3.39. The van der Waals surface area contributed by atoms with Crippen LogP contribution in [0.4, 0.5) is 0 Å². The van der Waals surface area contributed by atoms with Crippen molar-refractivity contribution in [2.24, 2.45) is 7.05 Å². The molecule has 0 unspecified atom stereocenters. The van der Waals surface area contributed by atoms with Crippen LogP contribution in [-0.4, -0.2) is 19.3 Å². The van der Waals surface area contributed by atoms with E-state index in [0.717, 1.165) is 11.3 Å². The van der Waals surface area contributed by atoms with Crippen molar-refractivity contribution in [3.05, 3.63) is 98.5 Å². The van der Waals surface area contributed by atoms with Gasteiger partial charge in [0.25, 0.3) is 11.1 Å². The van der Waals surface area contributed by atoms with Gasteiger partial charge in [0.2, 0.25) is 0 Å². The van der Waals surface area contributed by atoms with Gasteiger partial charge in [-0.15, -0.1) is 0 Å². The van der Waals surface area contributed by atoms with E-state index in [4.69, 9.17) is 4.74 Å². The normalized spacial score (nSPS) is 11.2. The molecular formula is C21H20N4O3. The van der Waals surface area contributed by atoms with Gasteiger partial charge in [0.15, 0.2) is 0 Å². The number of benzene rings is 1. The lowest BCUT2D eigenvalue weighted by Crippen LogP contribution is -2.26. The quantitative estimate of drug-likeness (QED) is 0.559. The molecule has 7 heteroatoms. The summed E-state index contributed by atoms with van der Waals surface area (Å²) in [7, 11) is 1.63. The molecule has 142 valence electrons. The number of nitrogens with one attached hydrogen (secondary N) is 1. The zero-order valence-electron chi connectivity index (χ0n) is 15.5. The lowest BCUT2D eigenvalue weighted by atomic mass is 10.2. The lowest BCUT2D eigenvalue weighted by molar-refractivity contribution is 0.103. The summed E-state index contributed by atoms with van der Waals surface area (Å²) in [6.45, 7) is 0.801. The third-order valence-electron chi connectivity index (χ3n) is 4.62. The second-order valence-electron chi connectivity index (χ2n) is 6.58. The predicted molar refractivity (Wildman–Crippen MR) is 106 cm³/mol. The molecule has 7 nitrogen and oxygen atoms in total. The molecule has 0 saturated carbocycles. The zero-order valence-corrected chi connectivity index (χ0v) is 15.5. The molecule has 28 heavy (non-hydrogen) atoms. The second-order valence-corrected chi connectivity index (χ2v) is 6.58. The topological polar surface area (TPSA) is 81.9 Å². The van der Waals surface area contributed by atoms with Gasteiger partial charge in [0.1, 0.15) is 0 Å². The largest absolute Gasteiger partial charge is 0.371 e. The molecule has 4 aromatic rings. The van der Waals surface area contributed by atoms with Crippen LogP contribution in [-0.2, 0) is 31.5 Å². The molecule has 0 aliphatic rings. The number of fused-ring (bicyclic) bond motifs is 1. The van der Waals surface area contributed by atoms with Crippen LogP contribution < -0.4 is 11.1 Å². The van der Waals surface area contributed by atoms with Crippen LogP contribution in [0.15, 0.2) is 70.4 Å². The number of nitrogens with zero attached hydrogens (tertiary/aromatic N) is 3. The summed E-state index contributed by atoms with van der Waals surface area (Å²) in [4.78, 5) is 29.7. The van der Waals surface area contributed by atoms with E-state index in [0.29, 0.717) is 23.2 Å². The minimum atomic E-state index is -0.210. The summed E-state index contributed by atoms with van der Waals surface area (Å²) in [6.07, 6.45) is 1.68. The fourth-order valence-corrected chi connectivity index (χ4v) is 3.24. The molecule has 0 radical (unpaired) electrons. The van der Waals surface area contributed by atoms with Gasteiger partial charge < -0.3 is 9.30 Å². The maximum absolute atomic E-state index is 12.8. The van der Waals surface area contributed by atoms with Gasteiger partial charge in [-0.1, -0.05) is 36.4 Å². The summed E-state index contributed by atoms with van der Waals surface area (Å²) in [5.74, 6) is 0. The van der Waals surface area contributed by atoms with Crippen molar-refractivity contribution in [1.82, 2.24) is 19.3 Å². The zero-order chi connectivity index (χ0) is 19.5. The molecule has 3 heterocycles. The van der Waals surface area contributed by atoms with Crippen LogP contribution in [0.5, 0.6) is 0 Å². The molecule has 1 aromatic carbocycles. The molecule has 0 saturated heterocycles. The molecule has 0 fully saturated rings. The average molecular weight is 376 g/mol. The Morgan fingerprint density at radius 1 is 1.04 bits per heavy atom. The summed E-state index contributed by atoms with van der Waals surface area (Å²) in [6, 6.07) is 16.7. The van der Waals surface area contributed by atoms with Crippen molar-refractivity contribution in [2.45, 2.75) is 19.8 Å². The Balaban J connectivity index is 1.75. The van der Waals surface area contributed by atoms with Crippen LogP contribution in [0.1, 0.15) is 17.0 Å². The Morgan fingerprint density at radius 3 is 2.57 bits per heavy atom. The lowest BCUT2D eigenvalue weighted by Gasteiger charge is -2.14. The van der Waals surface area contributed by atoms with Crippen molar-refractivity contribution >= 4 is 10.9 Å². The summed E-state index contributed by atoms with van der Waals surface area (Å²) in [5.41, 5.74) is 2.41. The van der Waals surface area contributed by atoms with E-state index in [9.17, 15) is 9.59 Å². The second kappa shape index (κ2) is 7.66. The molecule has 4 rings (SSSR count). The van der Waals surface area contributed by atoms with Crippen molar-refractivity contribution < 1.29 is 4.74 Å². The highest BCUT2D eigenvalue weighted by Crippen LogP contribution is 2.15. The number of hydrogen-bond donors (Lipinski definition) is 1. The smallest absolute Gasteiger partial charge is 0.275 e. The number of aromatic nitrogens is 4. The molecule has 1 N–H and O–H groups in total. The number of H-pyrrole nitrogens is 1. The minimum absolute atomic E-state index is 0.140. The first-order valence-electron chi connectivity index (χ1n) is 8.96. The fraction of sp³-hybridized carbons (Fsp3) is 0.190. The van der Waals surface area contributed by atoms with E-state index in [1.165, 1.54) is 10.7 Å². The summed E-state index contributed by atoms with van der Waals surface area (Å²) >= 11 is 0. The van der Waals surface area contributed by atoms with Crippen molar-refractivity contribution in [1.29, 1.82) is 0 Å². The molecule has 0 bridgehead atoms. The predicted octanol–water partition coefficient (Wildman–Crippen LogP) is 2.19. The first-order chi connectivity index (χ1) is 13.6. The first-order valence-corrected chi connectivity index (χ1v) is 8.96. The number of rotatable bonds is 6. The van der Waals surface area contributed by atoms with E-state index < -0.39 is 0 Å². The van der Waals surface area contributed by atoms with Gasteiger partial charge in [0.05, 0.1) is 42.0 Å². The summed E-state index contributed by atoms with van der Waals surface area (Å²) < 4.78 is 8.80. The van der Waals surface area contributed by atoms with Gasteiger partial charge >= 0.3 is 0 Å². The third kappa shape index (κ3) is 3.52. The van der Waals surface area contributed by atoms with Gasteiger partial charge in [-0.25, -0.2) is 0 Å².